The summed E-state index contributed by atoms with van der Waals surface area (Å²) in [5, 5.41) is 0. The third kappa shape index (κ3) is 3.25. The van der Waals surface area contributed by atoms with E-state index in [9.17, 15) is 4.79 Å². The third-order valence-corrected chi connectivity index (χ3v) is 1.53. The van der Waals surface area contributed by atoms with Crippen molar-refractivity contribution in [2.45, 2.75) is 13.3 Å². The van der Waals surface area contributed by atoms with Crippen LogP contribution in [0.25, 0.3) is 0 Å². The second kappa shape index (κ2) is 5.32. The van der Waals surface area contributed by atoms with Gasteiger partial charge in [0.2, 0.25) is 0 Å². The van der Waals surface area contributed by atoms with Gasteiger partial charge in [-0.3, -0.25) is 0 Å². The Hall–Kier alpha value is -1.35. The second-order valence-electron chi connectivity index (χ2n) is 2.65. The number of carbonyl (C=O) groups excluding carboxylic acids is 1. The second-order valence-corrected chi connectivity index (χ2v) is 2.65. The van der Waals surface area contributed by atoms with Crippen LogP contribution in [0.4, 0.5) is 0 Å². The van der Waals surface area contributed by atoms with Gasteiger partial charge in [-0.25, -0.2) is 4.79 Å². The van der Waals surface area contributed by atoms with E-state index in [1.807, 2.05) is 13.0 Å². The van der Waals surface area contributed by atoms with Crippen molar-refractivity contribution in [2.75, 3.05) is 6.54 Å². The van der Waals surface area contributed by atoms with Crippen LogP contribution in [-0.4, -0.2) is 12.5 Å². The van der Waals surface area contributed by atoms with Gasteiger partial charge in [-0.2, -0.15) is 5.48 Å². The third-order valence-electron chi connectivity index (χ3n) is 1.53. The molecule has 0 spiro atoms. The first-order valence-corrected chi connectivity index (χ1v) is 4.33. The van der Waals surface area contributed by atoms with Crippen LogP contribution in [-0.2, 0) is 4.84 Å². The van der Waals surface area contributed by atoms with Crippen molar-refractivity contribution >= 4 is 5.97 Å². The molecule has 0 radical (unpaired) electrons. The predicted octanol–water partition coefficient (Wildman–Crippen LogP) is 1.76. The van der Waals surface area contributed by atoms with Crippen LogP contribution >= 0.6 is 0 Å². The molecular weight excluding hydrogens is 166 g/mol. The van der Waals surface area contributed by atoms with Gasteiger partial charge in [0, 0.05) is 6.54 Å². The zero-order valence-corrected chi connectivity index (χ0v) is 7.62. The number of hydrogen-bond acceptors (Lipinski definition) is 3. The predicted molar refractivity (Wildman–Crippen MR) is 50.2 cm³/mol. The van der Waals surface area contributed by atoms with E-state index in [0.717, 1.165) is 6.42 Å². The maximum atomic E-state index is 11.2. The SMILES string of the molecule is CCCNOC(=O)c1ccccc1. The molecular formula is C10H13NO2. The van der Waals surface area contributed by atoms with Crippen molar-refractivity contribution in [3.63, 3.8) is 0 Å². The molecule has 0 amide bonds. The van der Waals surface area contributed by atoms with E-state index in [0.29, 0.717) is 12.1 Å². The molecule has 0 saturated heterocycles. The molecule has 0 aliphatic carbocycles. The Labute approximate surface area is 77.7 Å². The van der Waals surface area contributed by atoms with Crippen molar-refractivity contribution in [3.05, 3.63) is 35.9 Å². The normalized spacial score (nSPS) is 9.62. The zero-order valence-electron chi connectivity index (χ0n) is 7.62. The van der Waals surface area contributed by atoms with Crippen LogP contribution in [0.5, 0.6) is 0 Å². The first kappa shape index (κ1) is 9.74. The van der Waals surface area contributed by atoms with Crippen LogP contribution in [0, 0.1) is 0 Å². The van der Waals surface area contributed by atoms with Gasteiger partial charge in [-0.15, -0.1) is 0 Å². The quantitative estimate of drug-likeness (QED) is 0.565. The lowest BCUT2D eigenvalue weighted by Crippen LogP contribution is -2.20. The molecule has 0 atom stereocenters. The Balaban J connectivity index is 2.40. The number of hydroxylamine groups is 1. The highest BCUT2D eigenvalue weighted by Gasteiger charge is 2.04. The molecule has 0 unspecified atom stereocenters. The fourth-order valence-corrected chi connectivity index (χ4v) is 0.852. The highest BCUT2D eigenvalue weighted by atomic mass is 16.7. The number of benzene rings is 1. The van der Waals surface area contributed by atoms with E-state index in [1.165, 1.54) is 0 Å². The maximum absolute atomic E-state index is 11.2. The smallest absolute Gasteiger partial charge is 0.356 e. The molecule has 1 rings (SSSR count). The number of hydrogen-bond donors (Lipinski definition) is 1. The topological polar surface area (TPSA) is 38.3 Å². The van der Waals surface area contributed by atoms with E-state index in [1.54, 1.807) is 24.3 Å². The molecule has 1 aromatic rings. The van der Waals surface area contributed by atoms with Gasteiger partial charge in [-0.05, 0) is 18.6 Å². The summed E-state index contributed by atoms with van der Waals surface area (Å²) in [6.07, 6.45) is 0.933. The molecule has 70 valence electrons. The molecule has 0 fully saturated rings. The van der Waals surface area contributed by atoms with Gasteiger partial charge in [0.25, 0.3) is 0 Å². The molecule has 13 heavy (non-hydrogen) atoms. The van der Waals surface area contributed by atoms with E-state index >= 15 is 0 Å². The van der Waals surface area contributed by atoms with Crippen molar-refractivity contribution in [3.8, 4) is 0 Å². The van der Waals surface area contributed by atoms with E-state index in [2.05, 4.69) is 5.48 Å². The number of nitrogens with one attached hydrogen (secondary N) is 1. The average molecular weight is 179 g/mol. The van der Waals surface area contributed by atoms with E-state index in [-0.39, 0.29) is 5.97 Å². The maximum Gasteiger partial charge on any atom is 0.356 e. The fourth-order valence-electron chi connectivity index (χ4n) is 0.852. The highest BCUT2D eigenvalue weighted by molar-refractivity contribution is 5.89. The number of rotatable bonds is 4. The van der Waals surface area contributed by atoms with Gasteiger partial charge >= 0.3 is 5.97 Å². The molecule has 0 heterocycles. The van der Waals surface area contributed by atoms with E-state index < -0.39 is 0 Å². The molecule has 0 bridgehead atoms. The molecule has 0 aliphatic heterocycles. The molecule has 3 heteroatoms. The summed E-state index contributed by atoms with van der Waals surface area (Å²) in [6.45, 7) is 2.68. The summed E-state index contributed by atoms with van der Waals surface area (Å²) in [7, 11) is 0. The first-order chi connectivity index (χ1) is 6.34. The lowest BCUT2D eigenvalue weighted by Gasteiger charge is -2.03. The first-order valence-electron chi connectivity index (χ1n) is 4.33. The molecule has 3 nitrogen and oxygen atoms in total. The molecule has 1 N–H and O–H groups in total. The molecule has 0 saturated carbocycles. The fraction of sp³-hybridized carbons (Fsp3) is 0.300. The van der Waals surface area contributed by atoms with Crippen molar-refractivity contribution < 1.29 is 9.63 Å². The standard InChI is InChI=1S/C10H13NO2/c1-2-8-11-13-10(12)9-6-4-3-5-7-9/h3-7,11H,2,8H2,1H3. The Bertz CT molecular complexity index is 259. The number of carbonyl (C=O) groups is 1. The Kier molecular flexibility index (Phi) is 3.99. The van der Waals surface area contributed by atoms with Crippen LogP contribution in [0.3, 0.4) is 0 Å². The van der Waals surface area contributed by atoms with Crippen LogP contribution in [0.1, 0.15) is 23.7 Å². The largest absolute Gasteiger partial charge is 0.367 e. The van der Waals surface area contributed by atoms with Gasteiger partial charge in [0.15, 0.2) is 0 Å². The minimum absolute atomic E-state index is 0.339. The Morgan fingerprint density at radius 1 is 1.38 bits per heavy atom. The zero-order chi connectivity index (χ0) is 9.52. The highest BCUT2D eigenvalue weighted by Crippen LogP contribution is 1.99. The van der Waals surface area contributed by atoms with Crippen molar-refractivity contribution in [2.24, 2.45) is 0 Å². The van der Waals surface area contributed by atoms with Gasteiger partial charge in [0.1, 0.15) is 0 Å². The van der Waals surface area contributed by atoms with Crippen LogP contribution in [0.2, 0.25) is 0 Å². The summed E-state index contributed by atoms with van der Waals surface area (Å²) < 4.78 is 0. The summed E-state index contributed by atoms with van der Waals surface area (Å²) in [5.74, 6) is -0.339. The molecule has 1 aromatic carbocycles. The lowest BCUT2D eigenvalue weighted by molar-refractivity contribution is 0.0255. The van der Waals surface area contributed by atoms with Crippen LogP contribution in [0.15, 0.2) is 30.3 Å². The van der Waals surface area contributed by atoms with Gasteiger partial charge in [-0.1, -0.05) is 25.1 Å². The summed E-state index contributed by atoms with van der Waals surface area (Å²) in [4.78, 5) is 16.0. The van der Waals surface area contributed by atoms with E-state index in [4.69, 9.17) is 4.84 Å². The summed E-state index contributed by atoms with van der Waals surface area (Å²) in [5.41, 5.74) is 3.14. The summed E-state index contributed by atoms with van der Waals surface area (Å²) >= 11 is 0. The van der Waals surface area contributed by atoms with Crippen molar-refractivity contribution in [1.29, 1.82) is 0 Å². The van der Waals surface area contributed by atoms with Gasteiger partial charge < -0.3 is 4.84 Å². The Morgan fingerprint density at radius 3 is 2.69 bits per heavy atom. The minimum atomic E-state index is -0.339. The Morgan fingerprint density at radius 2 is 2.08 bits per heavy atom. The van der Waals surface area contributed by atoms with Gasteiger partial charge in [0.05, 0.1) is 5.56 Å². The average Bonchev–Trinajstić information content (AvgIpc) is 2.19. The molecule has 0 aliphatic rings. The molecule has 0 aromatic heterocycles. The van der Waals surface area contributed by atoms with Crippen LogP contribution < -0.4 is 5.48 Å². The van der Waals surface area contributed by atoms with Crippen molar-refractivity contribution in [1.82, 2.24) is 5.48 Å². The minimum Gasteiger partial charge on any atom is -0.367 e. The summed E-state index contributed by atoms with van der Waals surface area (Å²) in [6, 6.07) is 8.90. The monoisotopic (exact) mass is 179 g/mol. The lowest BCUT2D eigenvalue weighted by atomic mass is 10.2.